The maximum atomic E-state index is 9.22. The molecule has 0 aromatic rings. The van der Waals surface area contributed by atoms with Gasteiger partial charge in [-0.25, -0.2) is 0 Å². The van der Waals surface area contributed by atoms with Crippen LogP contribution in [0.2, 0.25) is 0 Å². The highest BCUT2D eigenvalue weighted by Gasteiger charge is 2.09. The highest BCUT2D eigenvalue weighted by molar-refractivity contribution is 4.62. The van der Waals surface area contributed by atoms with E-state index < -0.39 is 0 Å². The fourth-order valence-corrected chi connectivity index (χ4v) is 7.19. The molecule has 3 nitrogen and oxygen atoms in total. The second-order valence-electron chi connectivity index (χ2n) is 15.3. The molecule has 0 amide bonds. The van der Waals surface area contributed by atoms with Crippen molar-refractivity contribution in [2.75, 3.05) is 39.5 Å². The summed E-state index contributed by atoms with van der Waals surface area (Å²) in [6.07, 6.45) is 46.9. The van der Waals surface area contributed by atoms with Gasteiger partial charge in [-0.1, -0.05) is 194 Å². The predicted octanol–water partition coefficient (Wildman–Crippen LogP) is 14.2. The third-order valence-corrected chi connectivity index (χ3v) is 10.5. The number of hydrogen-bond acceptors (Lipinski definition) is 3. The van der Waals surface area contributed by atoms with Crippen molar-refractivity contribution in [2.24, 2.45) is 5.92 Å². The van der Waals surface area contributed by atoms with Crippen LogP contribution in [-0.2, 0) is 4.74 Å². The first kappa shape index (κ1) is 46.9. The maximum Gasteiger partial charge on any atom is 0.0494 e. The summed E-state index contributed by atoms with van der Waals surface area (Å²) in [5.74, 6) is 0.803. The van der Waals surface area contributed by atoms with E-state index in [-0.39, 0.29) is 0 Å². The maximum absolute atomic E-state index is 9.22. The zero-order valence-electron chi connectivity index (χ0n) is 33.2. The van der Waals surface area contributed by atoms with E-state index in [9.17, 15) is 5.11 Å². The molecule has 0 aromatic heterocycles. The number of aliphatic hydroxyl groups is 1. The lowest BCUT2D eigenvalue weighted by Crippen LogP contribution is -2.27. The van der Waals surface area contributed by atoms with Gasteiger partial charge in [0.25, 0.3) is 0 Å². The number of aliphatic hydroxyl groups excluding tert-OH is 1. The lowest BCUT2D eigenvalue weighted by molar-refractivity contribution is 0.0878. The Kier molecular flexibility index (Phi) is 41.9. The van der Waals surface area contributed by atoms with Crippen LogP contribution in [0.25, 0.3) is 0 Å². The van der Waals surface area contributed by atoms with Crippen LogP contribution in [0.15, 0.2) is 0 Å². The fraction of sp³-hybridized carbons (Fsp3) is 1.00. The first-order valence-corrected chi connectivity index (χ1v) is 22.2. The zero-order chi connectivity index (χ0) is 34.1. The SMILES string of the molecule is CCCCCCCCCCCCN(CCCCO)CCCCCCCCCCCCOCC(CCCCCC)CCCCCCCC. The molecule has 0 aliphatic carbocycles. The van der Waals surface area contributed by atoms with Crippen molar-refractivity contribution < 1.29 is 9.84 Å². The van der Waals surface area contributed by atoms with Gasteiger partial charge in [0.15, 0.2) is 0 Å². The summed E-state index contributed by atoms with van der Waals surface area (Å²) in [5.41, 5.74) is 0. The summed E-state index contributed by atoms with van der Waals surface area (Å²) < 4.78 is 6.22. The molecule has 0 heterocycles. The number of ether oxygens (including phenoxy) is 1. The summed E-state index contributed by atoms with van der Waals surface area (Å²) in [6.45, 7) is 13.0. The fourth-order valence-electron chi connectivity index (χ4n) is 7.19. The van der Waals surface area contributed by atoms with Gasteiger partial charge >= 0.3 is 0 Å². The van der Waals surface area contributed by atoms with Gasteiger partial charge < -0.3 is 14.7 Å². The van der Waals surface area contributed by atoms with Crippen molar-refractivity contribution in [3.05, 3.63) is 0 Å². The van der Waals surface area contributed by atoms with E-state index in [0.29, 0.717) is 6.61 Å². The lowest BCUT2D eigenvalue weighted by atomic mass is 9.95. The smallest absolute Gasteiger partial charge is 0.0494 e. The molecule has 0 saturated carbocycles. The average Bonchev–Trinajstić information content (AvgIpc) is 3.08. The molecule has 0 bridgehead atoms. The molecule has 0 aliphatic heterocycles. The summed E-state index contributed by atoms with van der Waals surface area (Å²) >= 11 is 0. The van der Waals surface area contributed by atoms with E-state index in [1.807, 2.05) is 0 Å². The van der Waals surface area contributed by atoms with Crippen LogP contribution in [0.3, 0.4) is 0 Å². The van der Waals surface area contributed by atoms with E-state index in [0.717, 1.165) is 32.0 Å². The Morgan fingerprint density at radius 3 is 1.11 bits per heavy atom. The summed E-state index contributed by atoms with van der Waals surface area (Å²) in [5, 5.41) is 9.22. The Bertz CT molecular complexity index is 541. The first-order chi connectivity index (χ1) is 23.3. The van der Waals surface area contributed by atoms with E-state index in [4.69, 9.17) is 4.74 Å². The van der Waals surface area contributed by atoms with Crippen molar-refractivity contribution in [3.63, 3.8) is 0 Å². The Hall–Kier alpha value is -0.120. The van der Waals surface area contributed by atoms with Crippen LogP contribution >= 0.6 is 0 Å². The van der Waals surface area contributed by atoms with Crippen molar-refractivity contribution in [2.45, 2.75) is 239 Å². The molecule has 284 valence electrons. The second-order valence-corrected chi connectivity index (χ2v) is 15.3. The van der Waals surface area contributed by atoms with Gasteiger partial charge in [-0.3, -0.25) is 0 Å². The molecule has 1 N–H and O–H groups in total. The Labute approximate surface area is 298 Å². The molecular formula is C44H91NO2. The van der Waals surface area contributed by atoms with Crippen molar-refractivity contribution in [3.8, 4) is 0 Å². The summed E-state index contributed by atoms with van der Waals surface area (Å²) in [7, 11) is 0. The molecule has 0 radical (unpaired) electrons. The summed E-state index contributed by atoms with van der Waals surface area (Å²) in [6, 6.07) is 0. The van der Waals surface area contributed by atoms with Crippen molar-refractivity contribution in [1.29, 1.82) is 0 Å². The second kappa shape index (κ2) is 42.0. The number of rotatable bonds is 42. The Balaban J connectivity index is 3.75. The minimum atomic E-state index is 0.346. The first-order valence-electron chi connectivity index (χ1n) is 22.2. The lowest BCUT2D eigenvalue weighted by Gasteiger charge is -2.22. The van der Waals surface area contributed by atoms with Gasteiger partial charge in [0.1, 0.15) is 0 Å². The molecule has 3 heteroatoms. The van der Waals surface area contributed by atoms with Crippen LogP contribution in [0, 0.1) is 5.92 Å². The molecule has 1 unspecified atom stereocenters. The van der Waals surface area contributed by atoms with E-state index >= 15 is 0 Å². The van der Waals surface area contributed by atoms with E-state index in [1.54, 1.807) is 0 Å². The Morgan fingerprint density at radius 1 is 0.383 bits per heavy atom. The number of hydrogen-bond donors (Lipinski definition) is 1. The van der Waals surface area contributed by atoms with Crippen molar-refractivity contribution >= 4 is 0 Å². The molecule has 0 aromatic carbocycles. The molecule has 0 saturated heterocycles. The monoisotopic (exact) mass is 666 g/mol. The van der Waals surface area contributed by atoms with Crippen molar-refractivity contribution in [1.82, 2.24) is 4.90 Å². The molecule has 0 rings (SSSR count). The van der Waals surface area contributed by atoms with E-state index in [2.05, 4.69) is 25.7 Å². The average molecular weight is 666 g/mol. The third kappa shape index (κ3) is 38.5. The zero-order valence-corrected chi connectivity index (χ0v) is 33.2. The third-order valence-electron chi connectivity index (χ3n) is 10.5. The van der Waals surface area contributed by atoms with Crippen LogP contribution in [0.5, 0.6) is 0 Å². The van der Waals surface area contributed by atoms with Gasteiger partial charge in [0, 0.05) is 19.8 Å². The summed E-state index contributed by atoms with van der Waals surface area (Å²) in [4.78, 5) is 2.70. The highest BCUT2D eigenvalue weighted by Crippen LogP contribution is 2.20. The quantitative estimate of drug-likeness (QED) is 0.0659. The molecule has 0 aliphatic rings. The van der Waals surface area contributed by atoms with Crippen LogP contribution in [-0.4, -0.2) is 49.5 Å². The normalized spacial score (nSPS) is 12.4. The largest absolute Gasteiger partial charge is 0.396 e. The molecule has 47 heavy (non-hydrogen) atoms. The topological polar surface area (TPSA) is 32.7 Å². The van der Waals surface area contributed by atoms with Crippen LogP contribution in [0.1, 0.15) is 239 Å². The van der Waals surface area contributed by atoms with Gasteiger partial charge in [0.05, 0.1) is 0 Å². The molecule has 1 atom stereocenters. The highest BCUT2D eigenvalue weighted by atomic mass is 16.5. The predicted molar refractivity (Wildman–Crippen MR) is 212 cm³/mol. The van der Waals surface area contributed by atoms with Gasteiger partial charge in [-0.15, -0.1) is 0 Å². The minimum absolute atomic E-state index is 0.346. The standard InChI is InChI=1S/C44H91NO2/c1-4-7-10-13-15-16-19-22-26-31-38-45(40-33-34-41-46)39-32-27-23-20-17-18-21-24-28-35-42-47-43-44(36-29-12-9-6-3)37-30-25-14-11-8-5-2/h44,46H,4-43H2,1-3H3. The molecular weight excluding hydrogens is 574 g/mol. The minimum Gasteiger partial charge on any atom is -0.396 e. The van der Waals surface area contributed by atoms with Gasteiger partial charge in [-0.2, -0.15) is 0 Å². The van der Waals surface area contributed by atoms with Crippen LogP contribution < -0.4 is 0 Å². The Morgan fingerprint density at radius 2 is 0.702 bits per heavy atom. The van der Waals surface area contributed by atoms with E-state index in [1.165, 1.54) is 225 Å². The van der Waals surface area contributed by atoms with Crippen LogP contribution in [0.4, 0.5) is 0 Å². The van der Waals surface area contributed by atoms with Gasteiger partial charge in [0.2, 0.25) is 0 Å². The molecule has 0 fully saturated rings. The van der Waals surface area contributed by atoms with Gasteiger partial charge in [-0.05, 0) is 70.5 Å². The number of unbranched alkanes of at least 4 members (excludes halogenated alkanes) is 27. The number of nitrogens with zero attached hydrogens (tertiary/aromatic N) is 1. The molecule has 0 spiro atoms.